The topological polar surface area (TPSA) is 93.1 Å². The number of rotatable bonds is 8. The van der Waals surface area contributed by atoms with E-state index in [1.54, 1.807) is 45.2 Å². The molecule has 0 fully saturated rings. The number of hydrogen-bond acceptors (Lipinski definition) is 5. The Labute approximate surface area is 191 Å². The summed E-state index contributed by atoms with van der Waals surface area (Å²) in [6, 6.07) is 13.2. The monoisotopic (exact) mass is 478 g/mol. The van der Waals surface area contributed by atoms with Gasteiger partial charge in [0, 0.05) is 34.8 Å². The lowest BCUT2D eigenvalue weighted by atomic mass is 10.3. The molecule has 7 nitrogen and oxygen atoms in total. The molecule has 1 heterocycles. The highest BCUT2D eigenvalue weighted by Gasteiger charge is 2.19. The average Bonchev–Trinajstić information content (AvgIpc) is 3.15. The molecule has 0 saturated carbocycles. The minimum absolute atomic E-state index is 0.144. The number of nitrogens with one attached hydrogen (secondary N) is 2. The summed E-state index contributed by atoms with van der Waals surface area (Å²) >= 11 is 7.39. The van der Waals surface area contributed by atoms with Gasteiger partial charge in [-0.15, -0.1) is 0 Å². The van der Waals surface area contributed by atoms with Gasteiger partial charge in [0.25, 0.3) is 0 Å². The van der Waals surface area contributed by atoms with E-state index in [0.717, 1.165) is 5.69 Å². The lowest BCUT2D eigenvalue weighted by molar-refractivity contribution is -0.115. The maximum Gasteiger partial charge on any atom is 0.240 e. The van der Waals surface area contributed by atoms with Crippen molar-refractivity contribution >= 4 is 45.0 Å². The Bertz CT molecular complexity index is 1160. The van der Waals surface area contributed by atoms with Crippen molar-refractivity contribution < 1.29 is 13.2 Å². The predicted molar refractivity (Wildman–Crippen MR) is 124 cm³/mol. The summed E-state index contributed by atoms with van der Waals surface area (Å²) in [7, 11) is -3.58. The van der Waals surface area contributed by atoms with Crippen LogP contribution >= 0.6 is 23.4 Å². The van der Waals surface area contributed by atoms with Crippen LogP contribution in [0.5, 0.6) is 0 Å². The van der Waals surface area contributed by atoms with Crippen LogP contribution in [0.4, 0.5) is 5.69 Å². The molecule has 3 aromatic rings. The molecule has 0 aliphatic heterocycles. The first-order chi connectivity index (χ1) is 14.7. The smallest absolute Gasteiger partial charge is 0.240 e. The largest absolute Gasteiger partial charge is 0.325 e. The Hall–Kier alpha value is -2.33. The number of nitrogens with zero attached hydrogens (tertiary/aromatic N) is 2. The Balaban J connectivity index is 1.66. The highest BCUT2D eigenvalue weighted by atomic mass is 35.5. The van der Waals surface area contributed by atoms with Gasteiger partial charge in [0.15, 0.2) is 5.16 Å². The average molecular weight is 479 g/mol. The third kappa shape index (κ3) is 6.10. The van der Waals surface area contributed by atoms with E-state index in [4.69, 9.17) is 11.6 Å². The summed E-state index contributed by atoms with van der Waals surface area (Å²) in [5.41, 5.74) is 1.37. The Morgan fingerprint density at radius 1 is 1.13 bits per heavy atom. The molecule has 0 saturated heterocycles. The molecule has 1 aromatic heterocycles. The number of amides is 1. The fourth-order valence-corrected chi connectivity index (χ4v) is 5.07. The second-order valence-corrected chi connectivity index (χ2v) is 10.6. The van der Waals surface area contributed by atoms with Crippen molar-refractivity contribution in [3.63, 3.8) is 0 Å². The van der Waals surface area contributed by atoms with E-state index in [9.17, 15) is 13.2 Å². The van der Waals surface area contributed by atoms with Gasteiger partial charge in [0.1, 0.15) is 0 Å². The Morgan fingerprint density at radius 3 is 2.48 bits per heavy atom. The standard InChI is InChI=1S/C21H23ClN4O3S2/c1-14(2)25-31(28,29)19-9-7-17(8-10-19)24-20(27)15(3)30-21-23-11-12-26(21)18-6-4-5-16(22)13-18/h4-15,25H,1-3H3,(H,24,27). The van der Waals surface area contributed by atoms with Crippen LogP contribution in [0.3, 0.4) is 0 Å². The number of carbonyl (C=O) groups excluding carboxylic acids is 1. The van der Waals surface area contributed by atoms with E-state index in [2.05, 4.69) is 15.0 Å². The van der Waals surface area contributed by atoms with Gasteiger partial charge in [-0.1, -0.05) is 29.4 Å². The number of anilines is 1. The molecule has 164 valence electrons. The second kappa shape index (κ2) is 9.86. The van der Waals surface area contributed by atoms with Crippen LogP contribution < -0.4 is 10.0 Å². The zero-order chi connectivity index (χ0) is 22.6. The lowest BCUT2D eigenvalue weighted by Crippen LogP contribution is -2.30. The van der Waals surface area contributed by atoms with Crippen LogP contribution in [0.2, 0.25) is 5.02 Å². The van der Waals surface area contributed by atoms with E-state index in [0.29, 0.717) is 15.9 Å². The maximum absolute atomic E-state index is 12.6. The number of sulfonamides is 1. The third-order valence-corrected chi connectivity index (χ3v) is 7.16. The SMILES string of the molecule is CC(C)NS(=O)(=O)c1ccc(NC(=O)C(C)Sc2nccn2-c2cccc(Cl)c2)cc1. The normalized spacial score (nSPS) is 12.7. The van der Waals surface area contributed by atoms with Crippen molar-refractivity contribution in [2.24, 2.45) is 0 Å². The lowest BCUT2D eigenvalue weighted by Gasteiger charge is -2.14. The molecule has 1 amide bonds. The van der Waals surface area contributed by atoms with Gasteiger partial charge in [0.2, 0.25) is 15.9 Å². The van der Waals surface area contributed by atoms with Crippen molar-refractivity contribution in [2.45, 2.75) is 42.1 Å². The second-order valence-electron chi connectivity index (χ2n) is 7.11. The van der Waals surface area contributed by atoms with Crippen LogP contribution in [0.15, 0.2) is 71.0 Å². The molecule has 2 N–H and O–H groups in total. The van der Waals surface area contributed by atoms with Gasteiger partial charge in [-0.25, -0.2) is 18.1 Å². The molecule has 10 heteroatoms. The van der Waals surface area contributed by atoms with Crippen molar-refractivity contribution in [1.29, 1.82) is 0 Å². The molecular weight excluding hydrogens is 456 g/mol. The van der Waals surface area contributed by atoms with Crippen LogP contribution in [-0.2, 0) is 14.8 Å². The van der Waals surface area contributed by atoms with Gasteiger partial charge in [0.05, 0.1) is 10.1 Å². The summed E-state index contributed by atoms with van der Waals surface area (Å²) in [6.45, 7) is 5.29. The number of thioether (sulfide) groups is 1. The highest BCUT2D eigenvalue weighted by molar-refractivity contribution is 8.00. The highest BCUT2D eigenvalue weighted by Crippen LogP contribution is 2.26. The molecule has 0 bridgehead atoms. The first-order valence-electron chi connectivity index (χ1n) is 9.55. The maximum atomic E-state index is 12.6. The number of hydrogen-bond donors (Lipinski definition) is 2. The number of benzene rings is 2. The summed E-state index contributed by atoms with van der Waals surface area (Å²) in [4.78, 5) is 17.1. The summed E-state index contributed by atoms with van der Waals surface area (Å²) in [6.07, 6.45) is 3.47. The van der Waals surface area contributed by atoms with E-state index in [-0.39, 0.29) is 16.8 Å². The van der Waals surface area contributed by atoms with E-state index >= 15 is 0 Å². The molecule has 0 aliphatic rings. The van der Waals surface area contributed by atoms with Crippen LogP contribution in [0.1, 0.15) is 20.8 Å². The summed E-state index contributed by atoms with van der Waals surface area (Å²) in [5, 5.41) is 3.64. The van der Waals surface area contributed by atoms with Gasteiger partial charge in [-0.2, -0.15) is 0 Å². The van der Waals surface area contributed by atoms with Crippen LogP contribution in [-0.4, -0.2) is 35.2 Å². The molecule has 2 aromatic carbocycles. The quantitative estimate of drug-likeness (QED) is 0.470. The molecule has 0 aliphatic carbocycles. The van der Waals surface area contributed by atoms with Crippen molar-refractivity contribution in [1.82, 2.24) is 14.3 Å². The Morgan fingerprint density at radius 2 is 1.84 bits per heavy atom. The summed E-state index contributed by atoms with van der Waals surface area (Å²) < 4.78 is 28.8. The van der Waals surface area contributed by atoms with E-state index in [1.807, 2.05) is 29.0 Å². The minimum atomic E-state index is -3.58. The molecule has 3 rings (SSSR count). The number of halogens is 1. The number of carbonyl (C=O) groups is 1. The molecule has 31 heavy (non-hydrogen) atoms. The summed E-state index contributed by atoms with van der Waals surface area (Å²) in [5.74, 6) is -0.221. The van der Waals surface area contributed by atoms with Crippen LogP contribution in [0, 0.1) is 0 Å². The molecule has 1 atom stereocenters. The third-order valence-electron chi connectivity index (χ3n) is 4.17. The minimum Gasteiger partial charge on any atom is -0.325 e. The van der Waals surface area contributed by atoms with E-state index in [1.165, 1.54) is 23.9 Å². The first kappa shape index (κ1) is 23.3. The Kier molecular flexibility index (Phi) is 7.42. The van der Waals surface area contributed by atoms with Crippen molar-refractivity contribution in [3.05, 3.63) is 65.9 Å². The van der Waals surface area contributed by atoms with Crippen molar-refractivity contribution in [2.75, 3.05) is 5.32 Å². The number of aromatic nitrogens is 2. The van der Waals surface area contributed by atoms with Gasteiger partial charge in [-0.05, 0) is 63.2 Å². The van der Waals surface area contributed by atoms with Gasteiger partial charge in [-0.3, -0.25) is 9.36 Å². The van der Waals surface area contributed by atoms with Gasteiger partial charge >= 0.3 is 0 Å². The number of imidazole rings is 1. The molecule has 0 radical (unpaired) electrons. The zero-order valence-electron chi connectivity index (χ0n) is 17.2. The fourth-order valence-electron chi connectivity index (χ4n) is 2.75. The molecule has 0 spiro atoms. The molecular formula is C21H23ClN4O3S2. The van der Waals surface area contributed by atoms with Gasteiger partial charge < -0.3 is 5.32 Å². The zero-order valence-corrected chi connectivity index (χ0v) is 19.6. The predicted octanol–water partition coefficient (Wildman–Crippen LogP) is 4.33. The fraction of sp³-hybridized carbons (Fsp3) is 0.238. The molecule has 1 unspecified atom stereocenters. The van der Waals surface area contributed by atoms with Crippen molar-refractivity contribution in [3.8, 4) is 5.69 Å². The van der Waals surface area contributed by atoms with E-state index < -0.39 is 15.3 Å². The van der Waals surface area contributed by atoms with Crippen LogP contribution in [0.25, 0.3) is 5.69 Å². The first-order valence-corrected chi connectivity index (χ1v) is 12.3.